The Kier molecular flexibility index (Phi) is 4.61. The first-order chi connectivity index (χ1) is 7.31. The second-order valence-electron chi connectivity index (χ2n) is 3.31. The maximum Gasteiger partial charge on any atom is 0.143 e. The Labute approximate surface area is 90.6 Å². The third-order valence-corrected chi connectivity index (χ3v) is 2.25. The van der Waals surface area contributed by atoms with E-state index in [1.807, 2.05) is 24.3 Å². The van der Waals surface area contributed by atoms with Gasteiger partial charge in [0, 0.05) is 0 Å². The van der Waals surface area contributed by atoms with E-state index in [0.717, 1.165) is 36.0 Å². The zero-order valence-corrected chi connectivity index (χ0v) is 9.19. The van der Waals surface area contributed by atoms with Gasteiger partial charge >= 0.3 is 0 Å². The summed E-state index contributed by atoms with van der Waals surface area (Å²) < 4.78 is 5.08. The Morgan fingerprint density at radius 2 is 2.00 bits per heavy atom. The number of allylic oxidation sites excluding steroid dienone is 2. The van der Waals surface area contributed by atoms with Crippen LogP contribution in [0.5, 0.6) is 5.75 Å². The van der Waals surface area contributed by atoms with Crippen LogP contribution in [0.3, 0.4) is 0 Å². The molecule has 0 heterocycles. The van der Waals surface area contributed by atoms with E-state index in [2.05, 4.69) is 6.92 Å². The monoisotopic (exact) mass is 204 g/mol. The molecule has 80 valence electrons. The average molecular weight is 204 g/mol. The van der Waals surface area contributed by atoms with E-state index in [0.29, 0.717) is 0 Å². The van der Waals surface area contributed by atoms with E-state index in [1.165, 1.54) is 0 Å². The molecule has 1 aromatic rings. The summed E-state index contributed by atoms with van der Waals surface area (Å²) in [5.74, 6) is 0.834. The molecule has 0 N–H and O–H groups in total. The van der Waals surface area contributed by atoms with E-state index < -0.39 is 0 Å². The van der Waals surface area contributed by atoms with E-state index >= 15 is 0 Å². The lowest BCUT2D eigenvalue weighted by Crippen LogP contribution is -1.87. The van der Waals surface area contributed by atoms with E-state index in [9.17, 15) is 4.79 Å². The van der Waals surface area contributed by atoms with Crippen LogP contribution in [0.4, 0.5) is 0 Å². The van der Waals surface area contributed by atoms with Crippen molar-refractivity contribution < 1.29 is 9.53 Å². The van der Waals surface area contributed by atoms with Gasteiger partial charge in [0.2, 0.25) is 0 Å². The predicted molar refractivity (Wildman–Crippen MR) is 61.9 cm³/mol. The fraction of sp³-hybridized carbons (Fsp3) is 0.308. The molecule has 1 aromatic carbocycles. The average Bonchev–Trinajstić information content (AvgIpc) is 2.29. The lowest BCUT2D eigenvalue weighted by Gasteiger charge is -2.06. The largest absolute Gasteiger partial charge is 0.497 e. The van der Waals surface area contributed by atoms with Crippen LogP contribution in [-0.4, -0.2) is 13.4 Å². The second kappa shape index (κ2) is 6.02. The van der Waals surface area contributed by atoms with Crippen LogP contribution in [-0.2, 0) is 4.79 Å². The predicted octanol–water partition coefficient (Wildman–Crippen LogP) is 3.08. The maximum absolute atomic E-state index is 10.5. The van der Waals surface area contributed by atoms with Gasteiger partial charge in [-0.3, -0.25) is 4.79 Å². The van der Waals surface area contributed by atoms with Crippen LogP contribution >= 0.6 is 0 Å². The number of hydrogen-bond donors (Lipinski definition) is 0. The zero-order chi connectivity index (χ0) is 11.1. The highest BCUT2D eigenvalue weighted by atomic mass is 16.5. The number of hydrogen-bond acceptors (Lipinski definition) is 2. The molecular weight excluding hydrogens is 188 g/mol. The van der Waals surface area contributed by atoms with E-state index in [-0.39, 0.29) is 0 Å². The van der Waals surface area contributed by atoms with Crippen molar-refractivity contribution >= 4 is 11.9 Å². The number of methoxy groups -OCH3 is 1. The first kappa shape index (κ1) is 11.5. The van der Waals surface area contributed by atoms with Crippen LogP contribution in [0.25, 0.3) is 5.57 Å². The number of benzene rings is 1. The number of ether oxygens (including phenoxy) is 1. The van der Waals surface area contributed by atoms with Gasteiger partial charge < -0.3 is 4.74 Å². The van der Waals surface area contributed by atoms with Crippen LogP contribution in [0.15, 0.2) is 30.3 Å². The molecule has 0 radical (unpaired) electrons. The van der Waals surface area contributed by atoms with Crippen molar-refractivity contribution in [3.63, 3.8) is 0 Å². The molecule has 0 atom stereocenters. The highest BCUT2D eigenvalue weighted by molar-refractivity contribution is 5.81. The van der Waals surface area contributed by atoms with Gasteiger partial charge in [-0.15, -0.1) is 0 Å². The number of carbonyl (C=O) groups is 1. The van der Waals surface area contributed by atoms with Crippen molar-refractivity contribution in [3.8, 4) is 5.75 Å². The van der Waals surface area contributed by atoms with Crippen LogP contribution in [0.2, 0.25) is 0 Å². The van der Waals surface area contributed by atoms with Crippen LogP contribution < -0.4 is 4.74 Å². The van der Waals surface area contributed by atoms with Gasteiger partial charge in [0.05, 0.1) is 7.11 Å². The quantitative estimate of drug-likeness (QED) is 0.544. The highest BCUT2D eigenvalue weighted by Gasteiger charge is 2.00. The molecule has 2 heteroatoms. The second-order valence-corrected chi connectivity index (χ2v) is 3.31. The molecule has 0 saturated carbocycles. The smallest absolute Gasteiger partial charge is 0.143 e. The Bertz CT molecular complexity index is 336. The summed E-state index contributed by atoms with van der Waals surface area (Å²) in [7, 11) is 1.64. The Hall–Kier alpha value is -1.57. The van der Waals surface area contributed by atoms with Gasteiger partial charge in [0.1, 0.15) is 12.0 Å². The minimum Gasteiger partial charge on any atom is -0.497 e. The minimum absolute atomic E-state index is 0.834. The van der Waals surface area contributed by atoms with Crippen LogP contribution in [0, 0.1) is 0 Å². The molecule has 0 spiro atoms. The molecule has 0 unspecified atom stereocenters. The summed E-state index contributed by atoms with van der Waals surface area (Å²) in [5, 5.41) is 0. The summed E-state index contributed by atoms with van der Waals surface area (Å²) in [6.07, 6.45) is 4.43. The van der Waals surface area contributed by atoms with E-state index in [4.69, 9.17) is 4.74 Å². The molecule has 0 aliphatic heterocycles. The molecule has 0 saturated heterocycles. The number of aldehydes is 1. The molecule has 0 aliphatic carbocycles. The summed E-state index contributed by atoms with van der Waals surface area (Å²) in [4.78, 5) is 10.5. The van der Waals surface area contributed by atoms with E-state index in [1.54, 1.807) is 13.2 Å². The van der Waals surface area contributed by atoms with Gasteiger partial charge in [0.25, 0.3) is 0 Å². The Balaban J connectivity index is 2.91. The lowest BCUT2D eigenvalue weighted by molar-refractivity contribution is -0.104. The summed E-state index contributed by atoms with van der Waals surface area (Å²) >= 11 is 0. The molecule has 0 bridgehead atoms. The van der Waals surface area contributed by atoms with Gasteiger partial charge in [-0.05, 0) is 35.8 Å². The maximum atomic E-state index is 10.5. The normalized spacial score (nSPS) is 11.2. The fourth-order valence-corrected chi connectivity index (χ4v) is 1.48. The van der Waals surface area contributed by atoms with Crippen molar-refractivity contribution in [2.75, 3.05) is 7.11 Å². The Morgan fingerprint density at radius 3 is 2.47 bits per heavy atom. The fourth-order valence-electron chi connectivity index (χ4n) is 1.48. The first-order valence-electron chi connectivity index (χ1n) is 5.10. The van der Waals surface area contributed by atoms with Crippen molar-refractivity contribution in [2.24, 2.45) is 0 Å². The summed E-state index contributed by atoms with van der Waals surface area (Å²) in [6, 6.07) is 7.76. The molecule has 0 aromatic heterocycles. The van der Waals surface area contributed by atoms with Crippen molar-refractivity contribution in [3.05, 3.63) is 35.9 Å². The Morgan fingerprint density at radius 1 is 1.33 bits per heavy atom. The van der Waals surface area contributed by atoms with Crippen LogP contribution in [0.1, 0.15) is 25.3 Å². The summed E-state index contributed by atoms with van der Waals surface area (Å²) in [6.45, 7) is 2.10. The topological polar surface area (TPSA) is 26.3 Å². The minimum atomic E-state index is 0.834. The molecule has 0 fully saturated rings. The third-order valence-electron chi connectivity index (χ3n) is 2.25. The van der Waals surface area contributed by atoms with Crippen molar-refractivity contribution in [1.82, 2.24) is 0 Å². The highest BCUT2D eigenvalue weighted by Crippen LogP contribution is 2.21. The van der Waals surface area contributed by atoms with Crippen molar-refractivity contribution in [1.29, 1.82) is 0 Å². The molecule has 15 heavy (non-hydrogen) atoms. The third kappa shape index (κ3) is 3.24. The van der Waals surface area contributed by atoms with Crippen molar-refractivity contribution in [2.45, 2.75) is 19.8 Å². The van der Waals surface area contributed by atoms with Gasteiger partial charge in [-0.1, -0.05) is 25.5 Å². The molecule has 0 aliphatic rings. The molecule has 2 nitrogen and oxygen atoms in total. The molecule has 0 amide bonds. The lowest BCUT2D eigenvalue weighted by atomic mass is 10.0. The molecule has 1 rings (SSSR count). The number of rotatable bonds is 5. The SMILES string of the molecule is CCC/C(=C/C=O)c1ccc(OC)cc1. The van der Waals surface area contributed by atoms with Gasteiger partial charge in [0.15, 0.2) is 0 Å². The zero-order valence-electron chi connectivity index (χ0n) is 9.19. The first-order valence-corrected chi connectivity index (χ1v) is 5.10. The molecular formula is C13H16O2. The standard InChI is InChI=1S/C13H16O2/c1-3-4-11(9-10-14)12-5-7-13(15-2)8-6-12/h5-10H,3-4H2,1-2H3/b11-9-. The van der Waals surface area contributed by atoms with Gasteiger partial charge in [-0.2, -0.15) is 0 Å². The summed E-state index contributed by atoms with van der Waals surface area (Å²) in [5.41, 5.74) is 2.17. The van der Waals surface area contributed by atoms with Gasteiger partial charge in [-0.25, -0.2) is 0 Å². The number of carbonyl (C=O) groups excluding carboxylic acids is 1.